The van der Waals surface area contributed by atoms with Gasteiger partial charge in [-0.1, -0.05) is 134 Å². The SMILES string of the molecule is CCCC/C=C\CCCCCCCCOCC(COP(=O)(O)OCC(N)C(=O)O)OC(=O)CCCCCCC/C=C\CCCCCCCCC. The number of phosphoric ester groups is 1. The quantitative estimate of drug-likeness (QED) is 0.0242. The molecule has 0 bridgehead atoms. The molecule has 0 saturated carbocycles. The van der Waals surface area contributed by atoms with Crippen molar-refractivity contribution in [1.82, 2.24) is 0 Å². The molecule has 0 aromatic rings. The minimum absolute atomic E-state index is 0.0111. The van der Waals surface area contributed by atoms with Crippen LogP contribution in [0.4, 0.5) is 0 Å². The van der Waals surface area contributed by atoms with Crippen molar-refractivity contribution in [2.75, 3.05) is 26.4 Å². The summed E-state index contributed by atoms with van der Waals surface area (Å²) >= 11 is 0. The van der Waals surface area contributed by atoms with Crippen LogP contribution in [-0.4, -0.2) is 60.5 Å². The molecule has 0 aromatic heterocycles. The van der Waals surface area contributed by atoms with Gasteiger partial charge < -0.3 is 25.2 Å². The smallest absolute Gasteiger partial charge is 0.472 e. The number of carbonyl (C=O) groups is 2. The van der Waals surface area contributed by atoms with Crippen LogP contribution in [0.15, 0.2) is 24.3 Å². The van der Waals surface area contributed by atoms with Gasteiger partial charge >= 0.3 is 19.8 Å². The van der Waals surface area contributed by atoms with E-state index in [1.165, 1.54) is 89.9 Å². The highest BCUT2D eigenvalue weighted by molar-refractivity contribution is 7.47. The maximum atomic E-state index is 12.6. The van der Waals surface area contributed by atoms with Crippen molar-refractivity contribution in [3.05, 3.63) is 24.3 Å². The fourth-order valence-electron chi connectivity index (χ4n) is 5.28. The number of phosphoric acid groups is 1. The molecule has 0 amide bonds. The van der Waals surface area contributed by atoms with Crippen LogP contribution in [0.1, 0.15) is 174 Å². The first-order valence-electron chi connectivity index (χ1n) is 19.9. The summed E-state index contributed by atoms with van der Waals surface area (Å²) in [6.07, 6.45) is 36.5. The fourth-order valence-corrected chi connectivity index (χ4v) is 6.06. The first kappa shape index (κ1) is 48.5. The van der Waals surface area contributed by atoms with Gasteiger partial charge in [0.25, 0.3) is 0 Å². The Bertz CT molecular complexity index is 899. The Morgan fingerprint density at radius 2 is 1.06 bits per heavy atom. The van der Waals surface area contributed by atoms with Crippen LogP contribution < -0.4 is 5.73 Å². The summed E-state index contributed by atoms with van der Waals surface area (Å²) in [6, 6.07) is -1.47. The second kappa shape index (κ2) is 35.8. The van der Waals surface area contributed by atoms with E-state index in [9.17, 15) is 19.0 Å². The molecule has 4 N–H and O–H groups in total. The molecule has 294 valence electrons. The number of esters is 1. The molecule has 0 rings (SSSR count). The first-order chi connectivity index (χ1) is 24.2. The standard InChI is InChI=1S/C39H74NO9P/c1-3-5-7-9-11-13-15-17-18-19-20-21-23-25-27-29-31-38(41)49-36(34-47-50(44,45)48-35-37(40)39(42)43)33-46-32-30-28-26-24-22-16-14-12-10-8-6-4-2/h10,12,18-19,36-37H,3-9,11,13-17,20-35,40H2,1-2H3,(H,42,43)(H,44,45)/b12-10-,19-18-. The Morgan fingerprint density at radius 1 is 0.620 bits per heavy atom. The van der Waals surface area contributed by atoms with E-state index in [0.717, 1.165) is 57.8 Å². The van der Waals surface area contributed by atoms with Gasteiger partial charge in [-0.25, -0.2) is 4.57 Å². The van der Waals surface area contributed by atoms with Gasteiger partial charge in [-0.15, -0.1) is 0 Å². The minimum atomic E-state index is -4.61. The third-order valence-corrected chi connectivity index (χ3v) is 9.40. The zero-order valence-corrected chi connectivity index (χ0v) is 32.6. The molecular formula is C39H74NO9P. The molecule has 0 aromatic carbocycles. The number of nitrogens with two attached hydrogens (primary N) is 1. The Hall–Kier alpha value is -1.55. The van der Waals surface area contributed by atoms with Gasteiger partial charge in [0.1, 0.15) is 12.1 Å². The Kier molecular flexibility index (Phi) is 34.7. The zero-order chi connectivity index (χ0) is 37.0. The summed E-state index contributed by atoms with van der Waals surface area (Å²) in [7, 11) is -4.61. The van der Waals surface area contributed by atoms with Crippen LogP contribution in [0.25, 0.3) is 0 Å². The molecule has 0 spiro atoms. The summed E-state index contributed by atoms with van der Waals surface area (Å²) < 4.78 is 33.2. The normalized spacial score (nSPS) is 14.3. The molecular weight excluding hydrogens is 657 g/mol. The van der Waals surface area contributed by atoms with Crippen LogP contribution in [0.3, 0.4) is 0 Å². The Morgan fingerprint density at radius 3 is 1.58 bits per heavy atom. The highest BCUT2D eigenvalue weighted by atomic mass is 31.2. The molecule has 50 heavy (non-hydrogen) atoms. The van der Waals surface area contributed by atoms with Gasteiger partial charge in [0.05, 0.1) is 19.8 Å². The van der Waals surface area contributed by atoms with E-state index in [1.807, 2.05) is 0 Å². The average molecular weight is 732 g/mol. The molecule has 0 aliphatic rings. The van der Waals surface area contributed by atoms with Gasteiger partial charge in [0.2, 0.25) is 0 Å². The highest BCUT2D eigenvalue weighted by Crippen LogP contribution is 2.43. The van der Waals surface area contributed by atoms with E-state index in [1.54, 1.807) is 0 Å². The Balaban J connectivity index is 4.29. The predicted octanol–water partition coefficient (Wildman–Crippen LogP) is 10.4. The second-order valence-electron chi connectivity index (χ2n) is 13.4. The van der Waals surface area contributed by atoms with Crippen molar-refractivity contribution < 1.29 is 42.7 Å². The summed E-state index contributed by atoms with van der Waals surface area (Å²) in [5.41, 5.74) is 5.34. The van der Waals surface area contributed by atoms with E-state index < -0.39 is 45.1 Å². The minimum Gasteiger partial charge on any atom is -0.480 e. The van der Waals surface area contributed by atoms with Crippen LogP contribution >= 0.6 is 7.82 Å². The van der Waals surface area contributed by atoms with Crippen molar-refractivity contribution in [1.29, 1.82) is 0 Å². The van der Waals surface area contributed by atoms with Gasteiger partial charge in [-0.3, -0.25) is 18.6 Å². The molecule has 11 heteroatoms. The molecule has 0 fully saturated rings. The lowest BCUT2D eigenvalue weighted by Crippen LogP contribution is -2.34. The topological polar surface area (TPSA) is 155 Å². The van der Waals surface area contributed by atoms with Crippen molar-refractivity contribution in [3.8, 4) is 0 Å². The maximum absolute atomic E-state index is 12.6. The van der Waals surface area contributed by atoms with Gasteiger partial charge in [-0.05, 0) is 57.8 Å². The molecule has 3 atom stereocenters. The summed E-state index contributed by atoms with van der Waals surface area (Å²) in [4.78, 5) is 33.4. The number of carboxylic acid groups (broad SMARTS) is 1. The van der Waals surface area contributed by atoms with E-state index in [4.69, 9.17) is 29.4 Å². The number of carbonyl (C=O) groups excluding carboxylic acids is 1. The molecule has 0 saturated heterocycles. The molecule has 0 aliphatic heterocycles. The third kappa shape index (κ3) is 34.9. The molecule has 0 radical (unpaired) electrons. The lowest BCUT2D eigenvalue weighted by Gasteiger charge is -2.20. The number of allylic oxidation sites excluding steroid dienone is 4. The van der Waals surface area contributed by atoms with E-state index in [0.29, 0.717) is 13.0 Å². The van der Waals surface area contributed by atoms with Crippen molar-refractivity contribution >= 4 is 19.8 Å². The zero-order valence-electron chi connectivity index (χ0n) is 31.7. The average Bonchev–Trinajstić information content (AvgIpc) is 3.09. The lowest BCUT2D eigenvalue weighted by molar-refractivity contribution is -0.154. The molecule has 10 nitrogen and oxygen atoms in total. The number of hydrogen-bond acceptors (Lipinski definition) is 8. The summed E-state index contributed by atoms with van der Waals surface area (Å²) in [5.74, 6) is -1.79. The van der Waals surface area contributed by atoms with Gasteiger partial charge in [-0.2, -0.15) is 0 Å². The van der Waals surface area contributed by atoms with Crippen LogP contribution in [0, 0.1) is 0 Å². The van der Waals surface area contributed by atoms with Crippen molar-refractivity contribution in [2.24, 2.45) is 5.73 Å². The van der Waals surface area contributed by atoms with Crippen LogP contribution in [0.5, 0.6) is 0 Å². The number of carboxylic acids is 1. The van der Waals surface area contributed by atoms with E-state index in [-0.39, 0.29) is 13.0 Å². The number of unbranched alkanes of at least 4 members (excludes halogenated alkanes) is 20. The first-order valence-corrected chi connectivity index (χ1v) is 21.4. The van der Waals surface area contributed by atoms with E-state index in [2.05, 4.69) is 38.2 Å². The number of rotatable bonds is 38. The number of hydrogen-bond donors (Lipinski definition) is 3. The van der Waals surface area contributed by atoms with Crippen LogP contribution in [-0.2, 0) is 32.7 Å². The molecule has 0 aliphatic carbocycles. The molecule has 0 heterocycles. The largest absolute Gasteiger partial charge is 0.480 e. The van der Waals surface area contributed by atoms with Crippen molar-refractivity contribution in [3.63, 3.8) is 0 Å². The van der Waals surface area contributed by atoms with Gasteiger partial charge in [0, 0.05) is 13.0 Å². The fraction of sp³-hybridized carbons (Fsp3) is 0.846. The monoisotopic (exact) mass is 732 g/mol. The summed E-state index contributed by atoms with van der Waals surface area (Å²) in [6.45, 7) is 3.82. The van der Waals surface area contributed by atoms with Gasteiger partial charge in [0.15, 0.2) is 0 Å². The third-order valence-electron chi connectivity index (χ3n) is 8.45. The lowest BCUT2D eigenvalue weighted by atomic mass is 10.1. The number of aliphatic carboxylic acids is 1. The second-order valence-corrected chi connectivity index (χ2v) is 14.9. The van der Waals surface area contributed by atoms with E-state index >= 15 is 0 Å². The highest BCUT2D eigenvalue weighted by Gasteiger charge is 2.27. The predicted molar refractivity (Wildman–Crippen MR) is 203 cm³/mol. The Labute approximate surface area is 304 Å². The summed E-state index contributed by atoms with van der Waals surface area (Å²) in [5, 5.41) is 8.87. The van der Waals surface area contributed by atoms with Crippen molar-refractivity contribution in [2.45, 2.75) is 187 Å². The molecule has 3 unspecified atom stereocenters. The number of ether oxygens (including phenoxy) is 2. The maximum Gasteiger partial charge on any atom is 0.472 e. The van der Waals surface area contributed by atoms with Crippen LogP contribution in [0.2, 0.25) is 0 Å².